The smallest absolute Gasteiger partial charge is 0.336 e. The molecule has 2 aliphatic heterocycles. The summed E-state index contributed by atoms with van der Waals surface area (Å²) < 4.78 is 42.0. The van der Waals surface area contributed by atoms with Crippen LogP contribution in [0.4, 0.5) is 10.1 Å². The van der Waals surface area contributed by atoms with Gasteiger partial charge in [-0.3, -0.25) is 14.4 Å². The van der Waals surface area contributed by atoms with Gasteiger partial charge in [-0.1, -0.05) is 22.8 Å². The number of carbonyl (C=O) groups is 4. The van der Waals surface area contributed by atoms with Crippen LogP contribution >= 0.6 is 11.6 Å². The normalized spacial score (nSPS) is 16.8. The molecule has 250 valence electrons. The van der Waals surface area contributed by atoms with Gasteiger partial charge in [-0.2, -0.15) is 4.31 Å². The summed E-state index contributed by atoms with van der Waals surface area (Å²) in [5.41, 5.74) is -1.13. The molecule has 1 amide bonds. The Morgan fingerprint density at radius 1 is 1.09 bits per heavy atom. The highest BCUT2D eigenvalue weighted by atomic mass is 35.5. The van der Waals surface area contributed by atoms with Gasteiger partial charge in [0, 0.05) is 51.3 Å². The zero-order chi connectivity index (χ0) is 34.2. The molecular weight excluding hydrogens is 657 g/mol. The number of amides is 1. The highest BCUT2D eigenvalue weighted by Crippen LogP contribution is 2.27. The van der Waals surface area contributed by atoms with Gasteiger partial charge in [0.1, 0.15) is 22.0 Å². The largest absolute Gasteiger partial charge is 0.481 e. The summed E-state index contributed by atoms with van der Waals surface area (Å²) >= 11 is 5.97. The third-order valence-corrected chi connectivity index (χ3v) is 9.14. The lowest BCUT2D eigenvalue weighted by Gasteiger charge is -2.35. The molecule has 2 aromatic rings. The van der Waals surface area contributed by atoms with E-state index in [1.807, 2.05) is 4.90 Å². The van der Waals surface area contributed by atoms with Crippen LogP contribution in [0.1, 0.15) is 31.7 Å². The summed E-state index contributed by atoms with van der Waals surface area (Å²) in [6.45, 7) is 2.81. The molecular formula is C27H31ClFN5O11S. The Hall–Kier alpha value is -4.39. The number of carboxylic acid groups (broad SMARTS) is 3. The number of aromatic nitrogens is 1. The quantitative estimate of drug-likeness (QED) is 0.206. The van der Waals surface area contributed by atoms with Crippen molar-refractivity contribution < 1.29 is 57.3 Å². The van der Waals surface area contributed by atoms with E-state index in [0.717, 1.165) is 0 Å². The van der Waals surface area contributed by atoms with Gasteiger partial charge in [0.15, 0.2) is 5.60 Å². The van der Waals surface area contributed by atoms with Crippen LogP contribution < -0.4 is 10.2 Å². The monoisotopic (exact) mass is 687 g/mol. The molecule has 16 nitrogen and oxygen atoms in total. The molecule has 4 rings (SSSR count). The van der Waals surface area contributed by atoms with Gasteiger partial charge in [0.2, 0.25) is 15.9 Å². The summed E-state index contributed by atoms with van der Waals surface area (Å²) in [5.74, 6) is -5.60. The minimum Gasteiger partial charge on any atom is -0.481 e. The number of hydrogen-bond acceptors (Lipinski definition) is 11. The van der Waals surface area contributed by atoms with Gasteiger partial charge in [0.25, 0.3) is 0 Å². The van der Waals surface area contributed by atoms with Crippen LogP contribution in [0.3, 0.4) is 0 Å². The van der Waals surface area contributed by atoms with Crippen molar-refractivity contribution in [3.05, 3.63) is 53.1 Å². The molecule has 19 heteroatoms. The first kappa shape index (κ1) is 36.1. The zero-order valence-electron chi connectivity index (χ0n) is 24.3. The molecule has 0 saturated carbocycles. The van der Waals surface area contributed by atoms with Crippen LogP contribution in [0, 0.1) is 5.82 Å². The number of halogens is 2. The lowest BCUT2D eigenvalue weighted by molar-refractivity contribution is -0.170. The molecule has 1 aromatic heterocycles. The molecule has 1 unspecified atom stereocenters. The molecule has 46 heavy (non-hydrogen) atoms. The maximum Gasteiger partial charge on any atom is 0.336 e. The maximum atomic E-state index is 14.9. The number of anilines is 1. The van der Waals surface area contributed by atoms with Crippen molar-refractivity contribution in [1.82, 2.24) is 14.6 Å². The molecule has 5 N–H and O–H groups in total. The van der Waals surface area contributed by atoms with E-state index < -0.39 is 52.2 Å². The van der Waals surface area contributed by atoms with Gasteiger partial charge in [-0.25, -0.2) is 22.6 Å². The number of pyridine rings is 1. The van der Waals surface area contributed by atoms with Crippen molar-refractivity contribution in [2.24, 2.45) is 5.16 Å². The van der Waals surface area contributed by atoms with Crippen molar-refractivity contribution in [2.75, 3.05) is 37.6 Å². The number of carboxylic acids is 3. The van der Waals surface area contributed by atoms with Crippen LogP contribution in [0.2, 0.25) is 5.15 Å². The second-order valence-corrected chi connectivity index (χ2v) is 12.5. The van der Waals surface area contributed by atoms with E-state index in [9.17, 15) is 32.0 Å². The third-order valence-electron chi connectivity index (χ3n) is 6.80. The minimum atomic E-state index is -3.78. The summed E-state index contributed by atoms with van der Waals surface area (Å²) in [5, 5.41) is 40.4. The van der Waals surface area contributed by atoms with Crippen molar-refractivity contribution >= 4 is 56.8 Å². The zero-order valence-corrected chi connectivity index (χ0v) is 25.9. The topological polar surface area (TPSA) is 236 Å². The average molecular weight is 688 g/mol. The summed E-state index contributed by atoms with van der Waals surface area (Å²) in [6, 6.07) is 7.77. The molecule has 0 bridgehead atoms. The van der Waals surface area contributed by atoms with Gasteiger partial charge in [-0.15, -0.1) is 0 Å². The standard InChI is InChI=1S/C21H23ClFN5O4S.C6H8O7/c1-14(29)25-13-16-12-18(26-32-16)15-4-5-19(17(23)11-15)27-7-9-28(10-8-27)33(30,31)20-3-2-6-24-21(20)22;7-3(8)1-6(13,5(11)12)2-4(9)10/h2-6,11,16H,7-10,12-13H2,1H3,(H,25,29);13H,1-2H2,(H,7,8)(H,9,10)(H,11,12). The molecule has 2 aliphatic rings. The van der Waals surface area contributed by atoms with Crippen LogP contribution in [0.5, 0.6) is 0 Å². The van der Waals surface area contributed by atoms with E-state index in [1.54, 1.807) is 12.1 Å². The number of oxime groups is 1. The van der Waals surface area contributed by atoms with Crippen LogP contribution in [0.15, 0.2) is 46.6 Å². The third kappa shape index (κ3) is 9.32. The van der Waals surface area contributed by atoms with Crippen molar-refractivity contribution in [1.29, 1.82) is 0 Å². The number of piperazine rings is 1. The van der Waals surface area contributed by atoms with E-state index in [2.05, 4.69) is 15.5 Å². The molecule has 0 aliphatic carbocycles. The van der Waals surface area contributed by atoms with Crippen molar-refractivity contribution in [2.45, 2.75) is 42.8 Å². The number of benzene rings is 1. The minimum absolute atomic E-state index is 0.0352. The highest BCUT2D eigenvalue weighted by Gasteiger charge is 2.41. The van der Waals surface area contributed by atoms with E-state index in [0.29, 0.717) is 43.0 Å². The second-order valence-electron chi connectivity index (χ2n) is 10.2. The Bertz CT molecular complexity index is 1600. The van der Waals surface area contributed by atoms with Gasteiger partial charge < -0.3 is 35.5 Å². The van der Waals surface area contributed by atoms with Crippen LogP contribution in [-0.2, 0) is 34.0 Å². The lowest BCUT2D eigenvalue weighted by atomic mass is 9.96. The first-order valence-corrected chi connectivity index (χ1v) is 15.4. The van der Waals surface area contributed by atoms with E-state index in [1.165, 1.54) is 35.6 Å². The Morgan fingerprint density at radius 3 is 2.24 bits per heavy atom. The maximum absolute atomic E-state index is 14.9. The fraction of sp³-hybridized carbons (Fsp3) is 0.407. The summed E-state index contributed by atoms with van der Waals surface area (Å²) in [7, 11) is -3.78. The number of sulfonamides is 1. The van der Waals surface area contributed by atoms with Gasteiger partial charge in [0.05, 0.1) is 30.8 Å². The number of carbonyl (C=O) groups excluding carboxylic acids is 1. The van der Waals surface area contributed by atoms with Crippen molar-refractivity contribution in [3.63, 3.8) is 0 Å². The average Bonchev–Trinajstić information content (AvgIpc) is 3.45. The SMILES string of the molecule is CC(=O)NCC1CC(c2ccc(N3CCN(S(=O)(=O)c4cccnc4Cl)CC3)c(F)c2)=NO1.O=C(O)CC(O)(CC(=O)O)C(=O)O. The number of rotatable bonds is 11. The summed E-state index contributed by atoms with van der Waals surface area (Å²) in [6.07, 6.45) is -0.677. The fourth-order valence-electron chi connectivity index (χ4n) is 4.49. The van der Waals surface area contributed by atoms with E-state index in [4.69, 9.17) is 36.9 Å². The Kier molecular flexibility index (Phi) is 12.0. The molecule has 3 heterocycles. The second kappa shape index (κ2) is 15.3. The molecule has 1 aromatic carbocycles. The number of hydrogen-bond donors (Lipinski definition) is 5. The molecule has 1 atom stereocenters. The van der Waals surface area contributed by atoms with Crippen LogP contribution in [0.25, 0.3) is 0 Å². The number of nitrogens with zero attached hydrogens (tertiary/aromatic N) is 4. The number of aliphatic carboxylic acids is 3. The number of nitrogens with one attached hydrogen (secondary N) is 1. The molecule has 1 saturated heterocycles. The Morgan fingerprint density at radius 2 is 1.72 bits per heavy atom. The van der Waals surface area contributed by atoms with E-state index >= 15 is 0 Å². The Labute approximate surface area is 267 Å². The first-order valence-electron chi connectivity index (χ1n) is 13.6. The predicted octanol–water partition coefficient (Wildman–Crippen LogP) is 0.766. The van der Waals surface area contributed by atoms with Crippen LogP contribution in [-0.4, -0.2) is 112 Å². The Balaban J connectivity index is 0.000000376. The highest BCUT2D eigenvalue weighted by molar-refractivity contribution is 7.89. The fourth-order valence-corrected chi connectivity index (χ4v) is 6.35. The first-order chi connectivity index (χ1) is 21.5. The van der Waals surface area contributed by atoms with Gasteiger partial charge in [-0.05, 0) is 24.3 Å². The molecule has 0 spiro atoms. The number of aliphatic hydroxyl groups is 1. The van der Waals surface area contributed by atoms with Gasteiger partial charge >= 0.3 is 17.9 Å². The predicted molar refractivity (Wildman–Crippen MR) is 158 cm³/mol. The van der Waals surface area contributed by atoms with E-state index in [-0.39, 0.29) is 35.1 Å². The van der Waals surface area contributed by atoms with Crippen molar-refractivity contribution in [3.8, 4) is 0 Å². The molecule has 0 radical (unpaired) electrons. The summed E-state index contributed by atoms with van der Waals surface area (Å²) in [4.78, 5) is 52.5. The lowest BCUT2D eigenvalue weighted by Crippen LogP contribution is -2.49. The molecule has 1 fully saturated rings.